The van der Waals surface area contributed by atoms with Crippen LogP contribution < -0.4 is 11.2 Å². The van der Waals surface area contributed by atoms with E-state index in [4.69, 9.17) is 15.0 Å². The second kappa shape index (κ2) is 10.6. The molecule has 1 aliphatic heterocycles. The van der Waals surface area contributed by atoms with Gasteiger partial charge in [0.1, 0.15) is 0 Å². The molecule has 3 nitrogen and oxygen atoms in total. The van der Waals surface area contributed by atoms with Gasteiger partial charge in [-0.1, -0.05) is 121 Å². The number of aryl methyl sites for hydroxylation is 1. The van der Waals surface area contributed by atoms with Crippen LogP contribution in [0.25, 0.3) is 10.8 Å². The van der Waals surface area contributed by atoms with Gasteiger partial charge in [-0.15, -0.1) is 0 Å². The van der Waals surface area contributed by atoms with Crippen LogP contribution in [0.4, 0.5) is 0 Å². The molecule has 0 bridgehead atoms. The summed E-state index contributed by atoms with van der Waals surface area (Å²) in [6.45, 7) is 10.4. The quantitative estimate of drug-likeness (QED) is 0.291. The molecule has 1 atom stereocenters. The van der Waals surface area contributed by atoms with Crippen LogP contribution >= 0.6 is 0 Å². The molecule has 0 saturated carbocycles. The number of rotatable bonds is 5. The summed E-state index contributed by atoms with van der Waals surface area (Å²) in [7, 11) is -0.421. The van der Waals surface area contributed by atoms with Gasteiger partial charge in [0.2, 0.25) is 0 Å². The van der Waals surface area contributed by atoms with Crippen LogP contribution in [-0.2, 0) is 21.3 Å². The van der Waals surface area contributed by atoms with Gasteiger partial charge in [-0.25, -0.2) is 0 Å². The molecule has 198 valence electrons. The summed E-state index contributed by atoms with van der Waals surface area (Å²) >= 11 is 0. The number of hydrogen-bond acceptors (Lipinski definition) is 3. The Morgan fingerprint density at radius 2 is 1.28 bits per heavy atom. The smallest absolute Gasteiger partial charge is 0.399 e. The predicted molar refractivity (Wildman–Crippen MR) is 164 cm³/mol. The van der Waals surface area contributed by atoms with Gasteiger partial charge >= 0.3 is 7.12 Å². The Hall–Kier alpha value is -3.44. The second-order valence-corrected chi connectivity index (χ2v) is 11.6. The zero-order valence-electron chi connectivity index (χ0n) is 23.6. The molecule has 4 heteroatoms. The lowest BCUT2D eigenvalue weighted by Crippen LogP contribution is -2.41. The van der Waals surface area contributed by atoms with Crippen LogP contribution in [-0.4, -0.2) is 18.3 Å². The Labute approximate surface area is 233 Å². The second-order valence-electron chi connectivity index (χ2n) is 11.6. The highest BCUT2D eigenvalue weighted by Crippen LogP contribution is 2.37. The highest BCUT2D eigenvalue weighted by Gasteiger charge is 2.51. The SMILES string of the molecule is Cc1cccccc(C(N)(Cc2cccc(B3OC(C)(C)C(C)(C)O3)c2)c2cccc3ccccc23)ccc1. The van der Waals surface area contributed by atoms with Gasteiger partial charge in [-0.3, -0.25) is 0 Å². The van der Waals surface area contributed by atoms with E-state index in [1.807, 2.05) is 0 Å². The summed E-state index contributed by atoms with van der Waals surface area (Å²) in [4.78, 5) is 0. The molecule has 4 aromatic rings. The Bertz CT molecular complexity index is 1520. The maximum atomic E-state index is 7.57. The molecular formula is C35H38BNO2. The Kier molecular flexibility index (Phi) is 7.39. The minimum Gasteiger partial charge on any atom is -0.399 e. The maximum Gasteiger partial charge on any atom is 0.494 e. The van der Waals surface area contributed by atoms with Crippen molar-refractivity contribution in [3.63, 3.8) is 0 Å². The van der Waals surface area contributed by atoms with E-state index in [9.17, 15) is 0 Å². The third-order valence-electron chi connectivity index (χ3n) is 8.24. The molecule has 0 aliphatic carbocycles. The van der Waals surface area contributed by atoms with Gasteiger partial charge in [-0.2, -0.15) is 0 Å². The van der Waals surface area contributed by atoms with Gasteiger partial charge in [-0.05, 0) is 74.0 Å². The van der Waals surface area contributed by atoms with Crippen molar-refractivity contribution in [1.82, 2.24) is 0 Å². The van der Waals surface area contributed by atoms with E-state index in [2.05, 4.69) is 150 Å². The lowest BCUT2D eigenvalue weighted by molar-refractivity contribution is 0.00578. The van der Waals surface area contributed by atoms with E-state index in [1.165, 1.54) is 10.9 Å². The number of fused-ring (bicyclic) bond motifs is 1. The predicted octanol–water partition coefficient (Wildman–Crippen LogP) is 7.02. The van der Waals surface area contributed by atoms with Crippen molar-refractivity contribution in [3.8, 4) is 0 Å². The lowest BCUT2D eigenvalue weighted by atomic mass is 9.74. The normalized spacial score (nSPS) is 17.4. The third kappa shape index (κ3) is 5.51. The van der Waals surface area contributed by atoms with E-state index >= 15 is 0 Å². The molecule has 1 heterocycles. The van der Waals surface area contributed by atoms with Crippen molar-refractivity contribution < 1.29 is 9.31 Å². The molecule has 2 N–H and O–H groups in total. The highest BCUT2D eigenvalue weighted by molar-refractivity contribution is 6.62. The lowest BCUT2D eigenvalue weighted by Gasteiger charge is -2.32. The first-order valence-electron chi connectivity index (χ1n) is 13.7. The fourth-order valence-corrected chi connectivity index (χ4v) is 5.26. The molecule has 1 unspecified atom stereocenters. The minimum atomic E-state index is -0.791. The average Bonchev–Trinajstić information content (AvgIpc) is 3.14. The van der Waals surface area contributed by atoms with Crippen molar-refractivity contribution in [2.45, 2.75) is 57.8 Å². The summed E-state index contributed by atoms with van der Waals surface area (Å²) in [6, 6.07) is 40.1. The standard InChI is InChI=1S/C35H38BNO2/c1-26-14-7-6-8-19-29(20-11-15-26)35(37,32-23-13-18-28-17-9-10-22-31(28)32)25-27-16-12-21-30(24-27)36-38-33(2,3)34(4,5)39-36/h6-24H,25,37H2,1-5H3. The average molecular weight is 516 g/mol. The number of benzene rings is 3. The molecular weight excluding hydrogens is 477 g/mol. The van der Waals surface area contributed by atoms with Crippen molar-refractivity contribution in [3.05, 3.63) is 138 Å². The van der Waals surface area contributed by atoms with Gasteiger partial charge in [0.05, 0.1) is 16.7 Å². The van der Waals surface area contributed by atoms with E-state index in [0.29, 0.717) is 6.42 Å². The molecule has 5 rings (SSSR count). The Morgan fingerprint density at radius 3 is 2.08 bits per heavy atom. The summed E-state index contributed by atoms with van der Waals surface area (Å²) in [5, 5.41) is 2.33. The van der Waals surface area contributed by atoms with Gasteiger partial charge in [0.15, 0.2) is 0 Å². The highest BCUT2D eigenvalue weighted by atomic mass is 16.7. The molecule has 1 saturated heterocycles. The Balaban J connectivity index is 1.64. The van der Waals surface area contributed by atoms with E-state index < -0.39 is 23.9 Å². The topological polar surface area (TPSA) is 44.5 Å². The van der Waals surface area contributed by atoms with Gasteiger partial charge in [0.25, 0.3) is 0 Å². The third-order valence-corrected chi connectivity index (χ3v) is 8.24. The van der Waals surface area contributed by atoms with E-state index in [1.54, 1.807) is 0 Å². The van der Waals surface area contributed by atoms with Crippen LogP contribution in [0.5, 0.6) is 0 Å². The summed E-state index contributed by atoms with van der Waals surface area (Å²) in [6.07, 6.45) is 0.608. The first kappa shape index (κ1) is 27.1. The first-order chi connectivity index (χ1) is 18.6. The Morgan fingerprint density at radius 1 is 0.692 bits per heavy atom. The molecule has 1 fully saturated rings. The number of nitrogens with two attached hydrogens (primary N) is 1. The molecule has 1 aliphatic rings. The molecule has 4 aromatic carbocycles. The number of hydrogen-bond donors (Lipinski definition) is 1. The first-order valence-corrected chi connectivity index (χ1v) is 13.7. The zero-order chi connectivity index (χ0) is 27.7. The summed E-state index contributed by atoms with van der Waals surface area (Å²) < 4.78 is 12.7. The largest absolute Gasteiger partial charge is 0.494 e. The van der Waals surface area contributed by atoms with Gasteiger partial charge < -0.3 is 15.0 Å². The molecule has 0 radical (unpaired) electrons. The van der Waals surface area contributed by atoms with Gasteiger partial charge in [0, 0.05) is 0 Å². The molecule has 39 heavy (non-hydrogen) atoms. The monoisotopic (exact) mass is 515 g/mol. The van der Waals surface area contributed by atoms with Crippen molar-refractivity contribution in [2.24, 2.45) is 5.73 Å². The van der Waals surface area contributed by atoms with Crippen LogP contribution in [0.2, 0.25) is 0 Å². The maximum absolute atomic E-state index is 7.57. The minimum absolute atomic E-state index is 0.396. The van der Waals surface area contributed by atoms with Crippen molar-refractivity contribution in [2.75, 3.05) is 0 Å². The van der Waals surface area contributed by atoms with Crippen molar-refractivity contribution in [1.29, 1.82) is 0 Å². The summed E-state index contributed by atoms with van der Waals surface area (Å²) in [5.74, 6) is 0. The van der Waals surface area contributed by atoms with Crippen molar-refractivity contribution >= 4 is 23.4 Å². The van der Waals surface area contributed by atoms with Crippen LogP contribution in [0.1, 0.15) is 49.9 Å². The van der Waals surface area contributed by atoms with Crippen LogP contribution in [0.3, 0.4) is 0 Å². The molecule has 0 spiro atoms. The molecule has 0 aromatic heterocycles. The fourth-order valence-electron chi connectivity index (χ4n) is 5.26. The van der Waals surface area contributed by atoms with E-state index in [0.717, 1.165) is 27.5 Å². The van der Waals surface area contributed by atoms with Crippen LogP contribution in [0.15, 0.2) is 115 Å². The summed E-state index contributed by atoms with van der Waals surface area (Å²) in [5.41, 5.74) is 11.4. The van der Waals surface area contributed by atoms with Crippen LogP contribution in [0, 0.1) is 6.92 Å². The fraction of sp³-hybridized carbons (Fsp3) is 0.257. The van der Waals surface area contributed by atoms with E-state index in [-0.39, 0.29) is 0 Å². The molecule has 0 amide bonds. The zero-order valence-corrected chi connectivity index (χ0v) is 23.6.